The van der Waals surface area contributed by atoms with Gasteiger partial charge in [-0.15, -0.1) is 0 Å². The Morgan fingerprint density at radius 3 is 2.40 bits per heavy atom. The zero-order valence-corrected chi connectivity index (χ0v) is 5.99. The average molecular weight is 149 g/mol. The molecule has 4 heteroatoms. The molecule has 0 aromatic rings. The summed E-state index contributed by atoms with van der Waals surface area (Å²) in [6.45, 7) is 1.49. The first-order valence-electron chi connectivity index (χ1n) is 2.92. The lowest BCUT2D eigenvalue weighted by molar-refractivity contribution is -0.557. The molecular formula is C6H11F2N2+. The highest BCUT2D eigenvalue weighted by Crippen LogP contribution is 2.02. The Hall–Kier alpha value is -0.770. The number of allylic oxidation sites excluding steroid dienone is 1. The quantitative estimate of drug-likeness (QED) is 0.544. The number of alkyl halides is 2. The lowest BCUT2D eigenvalue weighted by Gasteiger charge is -1.98. The molecule has 0 aliphatic heterocycles. The fourth-order valence-electron chi connectivity index (χ4n) is 0.512. The van der Waals surface area contributed by atoms with E-state index >= 15 is 0 Å². The molecule has 0 fully saturated rings. The average Bonchev–Trinajstić information content (AvgIpc) is 1.87. The van der Waals surface area contributed by atoms with E-state index in [2.05, 4.69) is 0 Å². The van der Waals surface area contributed by atoms with Crippen LogP contribution in [-0.2, 0) is 0 Å². The smallest absolute Gasteiger partial charge is 0.280 e. The third kappa shape index (κ3) is 2.68. The number of quaternary nitrogens is 1. The number of hydrogen-bond acceptors (Lipinski definition) is 1. The maximum absolute atomic E-state index is 11.7. The minimum absolute atomic E-state index is 0.317. The maximum Gasteiger partial charge on any atom is 0.280 e. The second-order valence-electron chi connectivity index (χ2n) is 1.90. The van der Waals surface area contributed by atoms with Gasteiger partial charge in [0, 0.05) is 5.57 Å². The largest absolute Gasteiger partial charge is 0.322 e. The van der Waals surface area contributed by atoms with Crippen molar-refractivity contribution in [3.05, 3.63) is 11.8 Å². The summed E-state index contributed by atoms with van der Waals surface area (Å²) in [5.41, 5.74) is -0.282. The first-order valence-corrected chi connectivity index (χ1v) is 2.92. The zero-order valence-electron chi connectivity index (χ0n) is 5.99. The summed E-state index contributed by atoms with van der Waals surface area (Å²) in [5.74, 6) is 0. The molecule has 58 valence electrons. The van der Waals surface area contributed by atoms with Gasteiger partial charge in [0.1, 0.15) is 5.71 Å². The lowest BCUT2D eigenvalue weighted by Crippen LogP contribution is -2.73. The topological polar surface area (TPSA) is 40.5 Å². The summed E-state index contributed by atoms with van der Waals surface area (Å²) >= 11 is 0. The fourth-order valence-corrected chi connectivity index (χ4v) is 0.512. The third-order valence-electron chi connectivity index (χ3n) is 1.06. The van der Waals surface area contributed by atoms with E-state index in [1.165, 1.54) is 13.1 Å². The SMILES string of the molecule is C[NH2+]/C=C(/C)C(=N)C(F)F. The van der Waals surface area contributed by atoms with Crippen molar-refractivity contribution < 1.29 is 14.1 Å². The van der Waals surface area contributed by atoms with Crippen molar-refractivity contribution in [3.8, 4) is 0 Å². The van der Waals surface area contributed by atoms with Crippen LogP contribution >= 0.6 is 0 Å². The van der Waals surface area contributed by atoms with E-state index in [4.69, 9.17) is 5.41 Å². The Labute approximate surface area is 58.4 Å². The summed E-state index contributed by atoms with van der Waals surface area (Å²) in [6, 6.07) is 0. The van der Waals surface area contributed by atoms with Crippen molar-refractivity contribution in [2.24, 2.45) is 0 Å². The highest BCUT2D eigenvalue weighted by atomic mass is 19.3. The van der Waals surface area contributed by atoms with Crippen LogP contribution in [0.25, 0.3) is 0 Å². The van der Waals surface area contributed by atoms with Crippen molar-refractivity contribution in [1.29, 1.82) is 5.41 Å². The standard InChI is InChI=1S/C6H10F2N2/c1-4(3-10-2)5(9)6(7)8/h3,6,9-10H,1-2H3/p+1/b4-3-,9-5?. The van der Waals surface area contributed by atoms with Gasteiger partial charge in [0.05, 0.1) is 13.2 Å². The van der Waals surface area contributed by atoms with Gasteiger partial charge in [-0.05, 0) is 6.92 Å². The van der Waals surface area contributed by atoms with Gasteiger partial charge in [0.25, 0.3) is 6.43 Å². The summed E-state index contributed by atoms with van der Waals surface area (Å²) < 4.78 is 23.4. The Kier molecular flexibility index (Phi) is 3.79. The van der Waals surface area contributed by atoms with Gasteiger partial charge < -0.3 is 5.32 Å². The highest BCUT2D eigenvalue weighted by Gasteiger charge is 2.12. The van der Waals surface area contributed by atoms with Gasteiger partial charge in [-0.25, -0.2) is 8.78 Å². The van der Waals surface area contributed by atoms with Gasteiger partial charge in [-0.1, -0.05) is 0 Å². The van der Waals surface area contributed by atoms with Gasteiger partial charge in [0.2, 0.25) is 0 Å². The van der Waals surface area contributed by atoms with E-state index in [0.717, 1.165) is 0 Å². The van der Waals surface area contributed by atoms with Crippen molar-refractivity contribution in [1.82, 2.24) is 0 Å². The molecule has 10 heavy (non-hydrogen) atoms. The van der Waals surface area contributed by atoms with Crippen LogP contribution in [0.4, 0.5) is 8.78 Å². The number of hydrogen-bond donors (Lipinski definition) is 2. The zero-order chi connectivity index (χ0) is 8.15. The Balaban J connectivity index is 4.08. The van der Waals surface area contributed by atoms with Crippen molar-refractivity contribution in [2.45, 2.75) is 13.3 Å². The molecule has 0 saturated heterocycles. The molecule has 0 aromatic heterocycles. The van der Waals surface area contributed by atoms with Gasteiger partial charge in [-0.2, -0.15) is 0 Å². The van der Waals surface area contributed by atoms with E-state index in [1.807, 2.05) is 0 Å². The van der Waals surface area contributed by atoms with Crippen LogP contribution in [0, 0.1) is 5.41 Å². The fraction of sp³-hybridized carbons (Fsp3) is 0.500. The second kappa shape index (κ2) is 4.11. The molecular weight excluding hydrogens is 138 g/mol. The van der Waals surface area contributed by atoms with Gasteiger partial charge in [-0.3, -0.25) is 5.41 Å². The van der Waals surface area contributed by atoms with E-state index in [1.54, 1.807) is 12.4 Å². The molecule has 3 N–H and O–H groups in total. The van der Waals surface area contributed by atoms with Gasteiger partial charge in [0.15, 0.2) is 0 Å². The van der Waals surface area contributed by atoms with Crippen LogP contribution in [-0.4, -0.2) is 19.2 Å². The summed E-state index contributed by atoms with van der Waals surface area (Å²) in [5, 5.41) is 8.45. The maximum atomic E-state index is 11.7. The predicted octanol–water partition coefficient (Wildman–Crippen LogP) is 0.368. The molecule has 2 nitrogen and oxygen atoms in total. The Bertz CT molecular complexity index is 152. The molecule has 0 spiro atoms. The van der Waals surface area contributed by atoms with E-state index in [0.29, 0.717) is 5.57 Å². The lowest BCUT2D eigenvalue weighted by atomic mass is 10.2. The van der Waals surface area contributed by atoms with E-state index in [9.17, 15) is 8.78 Å². The van der Waals surface area contributed by atoms with Crippen LogP contribution in [0.3, 0.4) is 0 Å². The molecule has 0 rings (SSSR count). The molecule has 0 radical (unpaired) electrons. The molecule has 0 atom stereocenters. The number of nitrogens with one attached hydrogen (secondary N) is 1. The number of nitrogens with two attached hydrogens (primary N) is 1. The molecule has 0 aromatic carbocycles. The molecule has 0 aliphatic carbocycles. The molecule has 0 saturated carbocycles. The van der Waals surface area contributed by atoms with Crippen molar-refractivity contribution in [2.75, 3.05) is 7.05 Å². The van der Waals surface area contributed by atoms with Crippen molar-refractivity contribution >= 4 is 5.71 Å². The third-order valence-corrected chi connectivity index (χ3v) is 1.06. The molecule has 0 heterocycles. The summed E-state index contributed by atoms with van der Waals surface area (Å²) in [6.07, 6.45) is -1.16. The van der Waals surface area contributed by atoms with E-state index in [-0.39, 0.29) is 0 Å². The normalized spacial score (nSPS) is 12.3. The van der Waals surface area contributed by atoms with Gasteiger partial charge >= 0.3 is 0 Å². The molecule has 0 aliphatic rings. The van der Waals surface area contributed by atoms with Crippen LogP contribution in [0.1, 0.15) is 6.92 Å². The molecule has 0 amide bonds. The Morgan fingerprint density at radius 2 is 2.10 bits per heavy atom. The van der Waals surface area contributed by atoms with Crippen LogP contribution < -0.4 is 5.32 Å². The second-order valence-corrected chi connectivity index (χ2v) is 1.90. The minimum atomic E-state index is -2.66. The summed E-state index contributed by atoms with van der Waals surface area (Å²) in [7, 11) is 1.72. The number of rotatable bonds is 3. The Morgan fingerprint density at radius 1 is 1.60 bits per heavy atom. The first kappa shape index (κ1) is 9.23. The molecule has 0 bridgehead atoms. The minimum Gasteiger partial charge on any atom is -0.322 e. The summed E-state index contributed by atoms with van der Waals surface area (Å²) in [4.78, 5) is 0. The van der Waals surface area contributed by atoms with Crippen LogP contribution in [0.5, 0.6) is 0 Å². The van der Waals surface area contributed by atoms with E-state index < -0.39 is 12.1 Å². The first-order chi connectivity index (χ1) is 4.59. The highest BCUT2D eigenvalue weighted by molar-refractivity contribution is 5.99. The van der Waals surface area contributed by atoms with Crippen LogP contribution in [0.2, 0.25) is 0 Å². The van der Waals surface area contributed by atoms with Crippen molar-refractivity contribution in [3.63, 3.8) is 0 Å². The predicted molar refractivity (Wildman–Crippen MR) is 35.3 cm³/mol. The number of halogens is 2. The monoisotopic (exact) mass is 149 g/mol. The molecule has 0 unspecified atom stereocenters. The van der Waals surface area contributed by atoms with Crippen LogP contribution in [0.15, 0.2) is 11.8 Å².